The summed E-state index contributed by atoms with van der Waals surface area (Å²) in [5.41, 5.74) is 1.27. The first kappa shape index (κ1) is 16.1. The van der Waals surface area contributed by atoms with E-state index in [-0.39, 0.29) is 0 Å². The van der Waals surface area contributed by atoms with Gasteiger partial charge in [0.25, 0.3) is 0 Å². The molecule has 1 aliphatic heterocycles. The lowest BCUT2D eigenvalue weighted by atomic mass is 10.1. The molecule has 1 aromatic carbocycles. The molecule has 1 atom stereocenters. The summed E-state index contributed by atoms with van der Waals surface area (Å²) in [4.78, 5) is 4.23. The maximum Gasteiger partial charge on any atom is 0.190 e. The number of guanidine groups is 1. The zero-order chi connectivity index (χ0) is 14.9. The second-order valence-corrected chi connectivity index (χ2v) is 5.66. The van der Waals surface area contributed by atoms with Gasteiger partial charge in [-0.25, -0.2) is 0 Å². The van der Waals surface area contributed by atoms with E-state index < -0.39 is 0 Å². The Labute approximate surface area is 131 Å². The van der Waals surface area contributed by atoms with Crippen LogP contribution in [0, 0.1) is 0 Å². The van der Waals surface area contributed by atoms with Gasteiger partial charge in [-0.15, -0.1) is 0 Å². The molecular formula is C16H24ClN3O. The normalized spacial score (nSPS) is 18.8. The molecule has 0 radical (unpaired) electrons. The van der Waals surface area contributed by atoms with Gasteiger partial charge < -0.3 is 15.4 Å². The van der Waals surface area contributed by atoms with Crippen LogP contribution in [0.15, 0.2) is 29.3 Å². The van der Waals surface area contributed by atoms with Crippen LogP contribution < -0.4 is 10.6 Å². The molecule has 2 N–H and O–H groups in total. The number of hydrogen-bond acceptors (Lipinski definition) is 2. The molecule has 5 heteroatoms. The second kappa shape index (κ2) is 8.90. The summed E-state index contributed by atoms with van der Waals surface area (Å²) in [7, 11) is 1.80. The maximum atomic E-state index is 5.87. The van der Waals surface area contributed by atoms with Crippen LogP contribution in [0.4, 0.5) is 0 Å². The van der Waals surface area contributed by atoms with Gasteiger partial charge in [0, 0.05) is 31.8 Å². The zero-order valence-corrected chi connectivity index (χ0v) is 13.3. The average Bonchev–Trinajstić information content (AvgIpc) is 3.01. The Bertz CT molecular complexity index is 441. The molecule has 1 fully saturated rings. The van der Waals surface area contributed by atoms with E-state index in [2.05, 4.69) is 27.8 Å². The van der Waals surface area contributed by atoms with Crippen molar-refractivity contribution in [1.82, 2.24) is 10.6 Å². The molecule has 1 aliphatic rings. The Balaban J connectivity index is 1.61. The SMILES string of the molecule is CN=C(NCCc1ccc(Cl)cc1)NCCC1CCCO1. The predicted molar refractivity (Wildman–Crippen MR) is 88.1 cm³/mol. The van der Waals surface area contributed by atoms with Crippen LogP contribution in [0.2, 0.25) is 5.02 Å². The fourth-order valence-corrected chi connectivity index (χ4v) is 2.55. The van der Waals surface area contributed by atoms with Gasteiger partial charge in [0.15, 0.2) is 5.96 Å². The van der Waals surface area contributed by atoms with Crippen molar-refractivity contribution < 1.29 is 4.74 Å². The number of benzene rings is 1. The van der Waals surface area contributed by atoms with Crippen molar-refractivity contribution in [3.8, 4) is 0 Å². The van der Waals surface area contributed by atoms with Crippen molar-refractivity contribution in [3.63, 3.8) is 0 Å². The fourth-order valence-electron chi connectivity index (χ4n) is 2.42. The van der Waals surface area contributed by atoms with Gasteiger partial charge in [-0.2, -0.15) is 0 Å². The smallest absolute Gasteiger partial charge is 0.190 e. The molecule has 4 nitrogen and oxygen atoms in total. The van der Waals surface area contributed by atoms with Gasteiger partial charge in [0.2, 0.25) is 0 Å². The Kier molecular flexibility index (Phi) is 6.83. The quantitative estimate of drug-likeness (QED) is 0.627. The van der Waals surface area contributed by atoms with Crippen LogP contribution in [0.5, 0.6) is 0 Å². The summed E-state index contributed by atoms with van der Waals surface area (Å²) in [5, 5.41) is 7.43. The number of aliphatic imine (C=N–C) groups is 1. The molecule has 1 unspecified atom stereocenters. The van der Waals surface area contributed by atoms with Crippen molar-refractivity contribution in [1.29, 1.82) is 0 Å². The summed E-state index contributed by atoms with van der Waals surface area (Å²) in [5.74, 6) is 0.849. The average molecular weight is 310 g/mol. The molecule has 21 heavy (non-hydrogen) atoms. The van der Waals surface area contributed by atoms with E-state index in [0.29, 0.717) is 6.10 Å². The summed E-state index contributed by atoms with van der Waals surface area (Å²) < 4.78 is 5.61. The number of nitrogens with zero attached hydrogens (tertiary/aromatic N) is 1. The van der Waals surface area contributed by atoms with Crippen LogP contribution in [-0.2, 0) is 11.2 Å². The van der Waals surface area contributed by atoms with Gasteiger partial charge in [0.1, 0.15) is 0 Å². The van der Waals surface area contributed by atoms with Crippen molar-refractivity contribution >= 4 is 17.6 Å². The third-order valence-electron chi connectivity index (χ3n) is 3.63. The van der Waals surface area contributed by atoms with Crippen molar-refractivity contribution in [3.05, 3.63) is 34.9 Å². The van der Waals surface area contributed by atoms with Crippen LogP contribution in [0.25, 0.3) is 0 Å². The summed E-state index contributed by atoms with van der Waals surface area (Å²) >= 11 is 5.87. The minimum atomic E-state index is 0.421. The van der Waals surface area contributed by atoms with Gasteiger partial charge in [-0.3, -0.25) is 4.99 Å². The lowest BCUT2D eigenvalue weighted by Crippen LogP contribution is -2.39. The molecular weight excluding hydrogens is 286 g/mol. The van der Waals surface area contributed by atoms with Crippen molar-refractivity contribution in [2.24, 2.45) is 4.99 Å². The monoisotopic (exact) mass is 309 g/mol. The van der Waals surface area contributed by atoms with Gasteiger partial charge in [-0.05, 0) is 43.4 Å². The Morgan fingerprint density at radius 1 is 1.29 bits per heavy atom. The van der Waals surface area contributed by atoms with Crippen LogP contribution in [0.1, 0.15) is 24.8 Å². The van der Waals surface area contributed by atoms with Crippen molar-refractivity contribution in [2.75, 3.05) is 26.7 Å². The zero-order valence-electron chi connectivity index (χ0n) is 12.6. The highest BCUT2D eigenvalue weighted by Crippen LogP contribution is 2.14. The standard InChI is InChI=1S/C16H24ClN3O/c1-18-16(20-11-9-15-3-2-12-21-15)19-10-8-13-4-6-14(17)7-5-13/h4-7,15H,2-3,8-12H2,1H3,(H2,18,19,20). The highest BCUT2D eigenvalue weighted by Gasteiger charge is 2.14. The summed E-state index contributed by atoms with van der Waals surface area (Å²) in [6, 6.07) is 7.95. The number of hydrogen-bond donors (Lipinski definition) is 2. The van der Waals surface area contributed by atoms with E-state index in [4.69, 9.17) is 16.3 Å². The number of rotatable bonds is 6. The predicted octanol–water partition coefficient (Wildman–Crippen LogP) is 2.62. The van der Waals surface area contributed by atoms with E-state index in [1.54, 1.807) is 7.05 Å². The van der Waals surface area contributed by atoms with Crippen LogP contribution in [-0.4, -0.2) is 38.8 Å². The topological polar surface area (TPSA) is 45.7 Å². The Morgan fingerprint density at radius 3 is 2.71 bits per heavy atom. The first-order valence-corrected chi connectivity index (χ1v) is 7.96. The molecule has 0 aromatic heterocycles. The lowest BCUT2D eigenvalue weighted by Gasteiger charge is -2.14. The third kappa shape index (κ3) is 5.94. The van der Waals surface area contributed by atoms with E-state index in [1.165, 1.54) is 18.4 Å². The molecule has 116 valence electrons. The van der Waals surface area contributed by atoms with Crippen LogP contribution in [0.3, 0.4) is 0 Å². The summed E-state index contributed by atoms with van der Waals surface area (Å²) in [6.07, 6.45) is 4.79. The molecule has 0 bridgehead atoms. The van der Waals surface area contributed by atoms with Gasteiger partial charge in [-0.1, -0.05) is 23.7 Å². The molecule has 1 heterocycles. The molecule has 2 rings (SSSR count). The van der Waals surface area contributed by atoms with Gasteiger partial charge in [0.05, 0.1) is 6.10 Å². The minimum absolute atomic E-state index is 0.421. The molecule has 1 saturated heterocycles. The molecule has 0 saturated carbocycles. The summed E-state index contributed by atoms with van der Waals surface area (Å²) in [6.45, 7) is 2.66. The van der Waals surface area contributed by atoms with Crippen LogP contribution >= 0.6 is 11.6 Å². The molecule has 0 spiro atoms. The Hall–Kier alpha value is -1.26. The third-order valence-corrected chi connectivity index (χ3v) is 3.88. The molecule has 0 aliphatic carbocycles. The lowest BCUT2D eigenvalue weighted by molar-refractivity contribution is 0.105. The van der Waals surface area contributed by atoms with Crippen molar-refractivity contribution in [2.45, 2.75) is 31.8 Å². The van der Waals surface area contributed by atoms with E-state index >= 15 is 0 Å². The first-order chi connectivity index (χ1) is 10.3. The number of halogens is 1. The molecule has 1 aromatic rings. The highest BCUT2D eigenvalue weighted by molar-refractivity contribution is 6.30. The number of ether oxygens (including phenoxy) is 1. The number of nitrogens with one attached hydrogen (secondary N) is 2. The Morgan fingerprint density at radius 2 is 2.05 bits per heavy atom. The maximum absolute atomic E-state index is 5.87. The molecule has 0 amide bonds. The van der Waals surface area contributed by atoms with E-state index in [0.717, 1.165) is 43.5 Å². The van der Waals surface area contributed by atoms with E-state index in [1.807, 2.05) is 12.1 Å². The first-order valence-electron chi connectivity index (χ1n) is 7.58. The van der Waals surface area contributed by atoms with Gasteiger partial charge >= 0.3 is 0 Å². The minimum Gasteiger partial charge on any atom is -0.378 e. The van der Waals surface area contributed by atoms with E-state index in [9.17, 15) is 0 Å². The second-order valence-electron chi connectivity index (χ2n) is 5.23. The largest absolute Gasteiger partial charge is 0.378 e. The fraction of sp³-hybridized carbons (Fsp3) is 0.562. The highest BCUT2D eigenvalue weighted by atomic mass is 35.5.